The zero-order valence-electron chi connectivity index (χ0n) is 15.3. The van der Waals surface area contributed by atoms with E-state index in [0.717, 1.165) is 27.6 Å². The first kappa shape index (κ1) is 23.1. The fourth-order valence-corrected chi connectivity index (χ4v) is 3.31. The lowest BCUT2D eigenvalue weighted by Crippen LogP contribution is -2.27. The fourth-order valence-electron chi connectivity index (χ4n) is 2.66. The van der Waals surface area contributed by atoms with Gasteiger partial charge in [0.15, 0.2) is 0 Å². The van der Waals surface area contributed by atoms with Crippen molar-refractivity contribution < 1.29 is 4.79 Å². The molecule has 1 unspecified atom stereocenters. The molecule has 27 heavy (non-hydrogen) atoms. The molecule has 2 heterocycles. The molecule has 2 aromatic heterocycles. The molecule has 0 aliphatic carbocycles. The number of amides is 1. The van der Waals surface area contributed by atoms with E-state index in [1.807, 2.05) is 55.8 Å². The number of hydrogen-bond donors (Lipinski definition) is 2. The smallest absolute Gasteiger partial charge is 0.271 e. The first-order valence-electron chi connectivity index (χ1n) is 8.07. The summed E-state index contributed by atoms with van der Waals surface area (Å²) in [4.78, 5) is 16.5. The predicted octanol–water partition coefficient (Wildman–Crippen LogP) is 3.74. The Morgan fingerprint density at radius 1 is 1.26 bits per heavy atom. The third-order valence-corrected chi connectivity index (χ3v) is 4.83. The number of aryl methyl sites for hydroxylation is 2. The summed E-state index contributed by atoms with van der Waals surface area (Å²) in [6.45, 7) is 6.30. The van der Waals surface area contributed by atoms with E-state index < -0.39 is 0 Å². The molecule has 0 saturated heterocycles. The van der Waals surface area contributed by atoms with Crippen LogP contribution in [0, 0.1) is 13.8 Å². The molecule has 0 aliphatic rings. The minimum Gasteiger partial charge on any atom is -0.344 e. The number of halogens is 2. The van der Waals surface area contributed by atoms with Gasteiger partial charge in [0.05, 0.1) is 17.4 Å². The van der Waals surface area contributed by atoms with Gasteiger partial charge in [-0.2, -0.15) is 5.10 Å². The normalized spacial score (nSPS) is 11.3. The van der Waals surface area contributed by atoms with Gasteiger partial charge in [-0.25, -0.2) is 9.67 Å². The van der Waals surface area contributed by atoms with E-state index in [2.05, 4.69) is 15.4 Å². The average molecular weight is 428 g/mol. The highest BCUT2D eigenvalue weighted by Gasteiger charge is 2.14. The van der Waals surface area contributed by atoms with Crippen molar-refractivity contribution in [1.82, 2.24) is 20.1 Å². The number of carbonyl (C=O) groups excluding carboxylic acids is 1. The Balaban J connectivity index is 0.00000182. The van der Waals surface area contributed by atoms with Crippen molar-refractivity contribution in [2.24, 2.45) is 5.73 Å². The molecular weight excluding hydrogens is 405 g/mol. The number of carbonyl (C=O) groups is 1. The molecule has 0 saturated carbocycles. The van der Waals surface area contributed by atoms with Crippen LogP contribution >= 0.6 is 36.2 Å². The highest BCUT2D eigenvalue weighted by atomic mass is 35.5. The van der Waals surface area contributed by atoms with Gasteiger partial charge in [-0.15, -0.1) is 36.2 Å². The van der Waals surface area contributed by atoms with Crippen molar-refractivity contribution >= 4 is 42.1 Å². The van der Waals surface area contributed by atoms with Crippen LogP contribution in [0.15, 0.2) is 35.7 Å². The monoisotopic (exact) mass is 427 g/mol. The average Bonchev–Trinajstić information content (AvgIpc) is 3.21. The molecule has 9 heteroatoms. The van der Waals surface area contributed by atoms with Gasteiger partial charge in [-0.3, -0.25) is 4.79 Å². The van der Waals surface area contributed by atoms with Crippen molar-refractivity contribution in [1.29, 1.82) is 0 Å². The second-order valence-corrected chi connectivity index (χ2v) is 6.90. The number of benzene rings is 1. The molecule has 1 aromatic carbocycles. The van der Waals surface area contributed by atoms with E-state index in [0.29, 0.717) is 12.2 Å². The maximum atomic E-state index is 12.3. The first-order valence-corrected chi connectivity index (χ1v) is 8.95. The number of nitrogens with two attached hydrogens (primary N) is 1. The lowest BCUT2D eigenvalue weighted by atomic mass is 10.1. The summed E-state index contributed by atoms with van der Waals surface area (Å²) in [5, 5.41) is 9.94. The van der Waals surface area contributed by atoms with Crippen molar-refractivity contribution in [2.75, 3.05) is 0 Å². The number of hydrogen-bond acceptors (Lipinski definition) is 5. The number of nitrogens with zero attached hydrogens (tertiary/aromatic N) is 3. The Morgan fingerprint density at radius 2 is 1.93 bits per heavy atom. The molecule has 1 atom stereocenters. The zero-order chi connectivity index (χ0) is 18.0. The topological polar surface area (TPSA) is 85.8 Å². The molecule has 0 fully saturated rings. The van der Waals surface area contributed by atoms with E-state index in [-0.39, 0.29) is 36.8 Å². The molecule has 1 amide bonds. The zero-order valence-corrected chi connectivity index (χ0v) is 17.8. The fraction of sp³-hybridized carbons (Fsp3) is 0.278. The maximum Gasteiger partial charge on any atom is 0.271 e. The van der Waals surface area contributed by atoms with Gasteiger partial charge in [0.25, 0.3) is 5.91 Å². The lowest BCUT2D eigenvalue weighted by molar-refractivity contribution is 0.0935. The van der Waals surface area contributed by atoms with Crippen molar-refractivity contribution in [3.05, 3.63) is 63.4 Å². The van der Waals surface area contributed by atoms with E-state index in [4.69, 9.17) is 5.73 Å². The highest BCUT2D eigenvalue weighted by molar-refractivity contribution is 7.09. The van der Waals surface area contributed by atoms with Gasteiger partial charge in [-0.05, 0) is 44.5 Å². The molecular formula is C18H23Cl2N5OS. The third kappa shape index (κ3) is 5.29. The minimum atomic E-state index is -0.189. The molecule has 3 rings (SSSR count). The Kier molecular flexibility index (Phi) is 8.43. The molecule has 6 nitrogen and oxygen atoms in total. The second kappa shape index (κ2) is 9.85. The van der Waals surface area contributed by atoms with Crippen LogP contribution in [0.4, 0.5) is 0 Å². The summed E-state index contributed by atoms with van der Waals surface area (Å²) >= 11 is 1.40. The third-order valence-electron chi connectivity index (χ3n) is 3.95. The molecule has 146 valence electrons. The van der Waals surface area contributed by atoms with Crippen LogP contribution in [-0.4, -0.2) is 20.7 Å². The van der Waals surface area contributed by atoms with Crippen molar-refractivity contribution in [2.45, 2.75) is 33.4 Å². The molecule has 0 aliphatic heterocycles. The van der Waals surface area contributed by atoms with E-state index in [9.17, 15) is 4.79 Å². The summed E-state index contributed by atoms with van der Waals surface area (Å²) in [5.41, 5.74) is 10.1. The van der Waals surface area contributed by atoms with Crippen LogP contribution in [0.25, 0.3) is 5.69 Å². The van der Waals surface area contributed by atoms with Gasteiger partial charge in [0.1, 0.15) is 10.7 Å². The van der Waals surface area contributed by atoms with Crippen LogP contribution < -0.4 is 11.1 Å². The standard InChI is InChI=1S/C18H21N5OS.2ClH/c1-11-8-12(2)23(22-11)15-6-4-14(5-7-15)13(3)20-18(24)16-10-25-17(9-19)21-16;;/h4-8,10,13H,9,19H2,1-3H3,(H,20,24);2*1H. The largest absolute Gasteiger partial charge is 0.344 e. The van der Waals surface area contributed by atoms with Gasteiger partial charge in [-0.1, -0.05) is 12.1 Å². The number of aromatic nitrogens is 3. The summed E-state index contributed by atoms with van der Waals surface area (Å²) in [5.74, 6) is -0.189. The Labute approximate surface area is 175 Å². The molecule has 3 aromatic rings. The van der Waals surface area contributed by atoms with Gasteiger partial charge in [0, 0.05) is 17.6 Å². The Morgan fingerprint density at radius 3 is 2.44 bits per heavy atom. The summed E-state index contributed by atoms with van der Waals surface area (Å²) in [7, 11) is 0. The van der Waals surface area contributed by atoms with E-state index in [1.54, 1.807) is 5.38 Å². The van der Waals surface area contributed by atoms with Crippen molar-refractivity contribution in [3.8, 4) is 5.69 Å². The second-order valence-electron chi connectivity index (χ2n) is 5.96. The van der Waals surface area contributed by atoms with Crippen LogP contribution in [-0.2, 0) is 6.54 Å². The number of thiazole rings is 1. The molecule has 0 bridgehead atoms. The predicted molar refractivity (Wildman–Crippen MR) is 113 cm³/mol. The Hall–Kier alpha value is -1.93. The maximum absolute atomic E-state index is 12.3. The van der Waals surface area contributed by atoms with Gasteiger partial charge < -0.3 is 11.1 Å². The quantitative estimate of drug-likeness (QED) is 0.648. The van der Waals surface area contributed by atoms with Crippen LogP contribution in [0.3, 0.4) is 0 Å². The van der Waals surface area contributed by atoms with Crippen LogP contribution in [0.5, 0.6) is 0 Å². The molecule has 3 N–H and O–H groups in total. The van der Waals surface area contributed by atoms with E-state index >= 15 is 0 Å². The van der Waals surface area contributed by atoms with Crippen LogP contribution in [0.2, 0.25) is 0 Å². The summed E-state index contributed by atoms with van der Waals surface area (Å²) in [6, 6.07) is 9.94. The summed E-state index contributed by atoms with van der Waals surface area (Å²) in [6.07, 6.45) is 0. The van der Waals surface area contributed by atoms with Crippen LogP contribution in [0.1, 0.15) is 45.4 Å². The highest BCUT2D eigenvalue weighted by Crippen LogP contribution is 2.18. The summed E-state index contributed by atoms with van der Waals surface area (Å²) < 4.78 is 1.91. The SMILES string of the molecule is Cc1cc(C)n(-c2ccc(C(C)NC(=O)c3csc(CN)n3)cc2)n1.Cl.Cl. The van der Waals surface area contributed by atoms with E-state index in [1.165, 1.54) is 11.3 Å². The molecule has 0 radical (unpaired) electrons. The Bertz CT molecular complexity index is 892. The van der Waals surface area contributed by atoms with Gasteiger partial charge >= 0.3 is 0 Å². The number of nitrogens with one attached hydrogen (secondary N) is 1. The first-order chi connectivity index (χ1) is 12.0. The molecule has 0 spiro atoms. The minimum absolute atomic E-state index is 0. The van der Waals surface area contributed by atoms with Crippen molar-refractivity contribution in [3.63, 3.8) is 0 Å². The lowest BCUT2D eigenvalue weighted by Gasteiger charge is -2.14. The van der Waals surface area contributed by atoms with Gasteiger partial charge in [0.2, 0.25) is 0 Å². The number of rotatable bonds is 5.